The van der Waals surface area contributed by atoms with E-state index >= 15 is 0 Å². The Morgan fingerprint density at radius 3 is 2.71 bits per heavy atom. The zero-order valence-corrected chi connectivity index (χ0v) is 12.7. The molecule has 0 aliphatic carbocycles. The number of pyridine rings is 1. The van der Waals surface area contributed by atoms with Crippen LogP contribution >= 0.6 is 0 Å². The van der Waals surface area contributed by atoms with Gasteiger partial charge in [0.25, 0.3) is 0 Å². The van der Waals surface area contributed by atoms with Gasteiger partial charge in [-0.3, -0.25) is 4.98 Å². The second-order valence-electron chi connectivity index (χ2n) is 5.48. The zero-order valence-electron chi connectivity index (χ0n) is 12.7. The molecule has 112 valence electrons. The molecule has 0 aliphatic rings. The lowest BCUT2D eigenvalue weighted by Crippen LogP contribution is -2.20. The lowest BCUT2D eigenvalue weighted by molar-refractivity contribution is 0.455. The molecule has 2 rings (SSSR count). The topological polar surface area (TPSA) is 34.1 Å². The second-order valence-corrected chi connectivity index (χ2v) is 5.48. The molecule has 0 fully saturated rings. The van der Waals surface area contributed by atoms with E-state index in [0.29, 0.717) is 29.5 Å². The molecule has 0 saturated carbocycles. The van der Waals surface area contributed by atoms with Crippen LogP contribution < -0.4 is 10.1 Å². The average Bonchev–Trinajstić information content (AvgIpc) is 2.44. The summed E-state index contributed by atoms with van der Waals surface area (Å²) < 4.78 is 19.8. The molecular weight excluding hydrogens is 267 g/mol. The largest absolute Gasteiger partial charge is 0.455 e. The summed E-state index contributed by atoms with van der Waals surface area (Å²) >= 11 is 0. The van der Waals surface area contributed by atoms with E-state index < -0.39 is 0 Å². The van der Waals surface area contributed by atoms with Crippen LogP contribution in [0.3, 0.4) is 0 Å². The Labute approximate surface area is 125 Å². The van der Waals surface area contributed by atoms with Crippen LogP contribution in [0.15, 0.2) is 36.5 Å². The number of halogens is 1. The maximum absolute atomic E-state index is 14.0. The van der Waals surface area contributed by atoms with E-state index in [2.05, 4.69) is 24.1 Å². The molecule has 0 atom stereocenters. The molecular formula is C17H21FN2O. The highest BCUT2D eigenvalue weighted by atomic mass is 19.1. The number of rotatable bonds is 6. The van der Waals surface area contributed by atoms with Crippen molar-refractivity contribution in [2.45, 2.75) is 27.3 Å². The fraction of sp³-hybridized carbons (Fsp3) is 0.353. The molecule has 4 heteroatoms. The Bertz CT molecular complexity index is 582. The first-order valence-corrected chi connectivity index (χ1v) is 7.15. The highest BCUT2D eigenvalue weighted by Crippen LogP contribution is 2.26. The lowest BCUT2D eigenvalue weighted by Gasteiger charge is -2.13. The molecule has 0 radical (unpaired) electrons. The van der Waals surface area contributed by atoms with E-state index in [9.17, 15) is 4.39 Å². The Balaban J connectivity index is 2.14. The Morgan fingerprint density at radius 2 is 2.05 bits per heavy atom. The van der Waals surface area contributed by atoms with Gasteiger partial charge in [-0.1, -0.05) is 19.9 Å². The number of benzene rings is 1. The molecule has 2 aromatic rings. The molecule has 0 bridgehead atoms. The van der Waals surface area contributed by atoms with Crippen LogP contribution in [0, 0.1) is 18.7 Å². The number of nitrogens with one attached hydrogen (secondary N) is 1. The average molecular weight is 288 g/mol. The number of aryl methyl sites for hydroxylation is 1. The van der Waals surface area contributed by atoms with Crippen molar-refractivity contribution in [3.63, 3.8) is 0 Å². The van der Waals surface area contributed by atoms with Gasteiger partial charge in [-0.05, 0) is 43.7 Å². The predicted octanol–water partition coefficient (Wildman–Crippen LogP) is 4.07. The van der Waals surface area contributed by atoms with Gasteiger partial charge >= 0.3 is 0 Å². The van der Waals surface area contributed by atoms with Gasteiger partial charge in [-0.2, -0.15) is 0 Å². The van der Waals surface area contributed by atoms with Crippen molar-refractivity contribution in [3.05, 3.63) is 53.6 Å². The van der Waals surface area contributed by atoms with Gasteiger partial charge in [0, 0.05) is 17.8 Å². The van der Waals surface area contributed by atoms with E-state index in [1.165, 1.54) is 6.07 Å². The second kappa shape index (κ2) is 7.18. The Hall–Kier alpha value is -1.94. The Morgan fingerprint density at radius 1 is 1.24 bits per heavy atom. The van der Waals surface area contributed by atoms with Crippen molar-refractivity contribution in [3.8, 4) is 11.5 Å². The number of ether oxygens (including phenoxy) is 1. The predicted molar refractivity (Wildman–Crippen MR) is 82.0 cm³/mol. The lowest BCUT2D eigenvalue weighted by atomic mass is 10.1. The van der Waals surface area contributed by atoms with Crippen molar-refractivity contribution in [1.29, 1.82) is 0 Å². The van der Waals surface area contributed by atoms with E-state index in [0.717, 1.165) is 12.2 Å². The van der Waals surface area contributed by atoms with Gasteiger partial charge in [-0.15, -0.1) is 0 Å². The minimum absolute atomic E-state index is 0.260. The summed E-state index contributed by atoms with van der Waals surface area (Å²) in [5.74, 6) is 1.39. The van der Waals surface area contributed by atoms with Crippen LogP contribution in [0.2, 0.25) is 0 Å². The molecule has 0 unspecified atom stereocenters. The van der Waals surface area contributed by atoms with Crippen LogP contribution in [-0.4, -0.2) is 11.5 Å². The zero-order chi connectivity index (χ0) is 15.2. The van der Waals surface area contributed by atoms with E-state index in [-0.39, 0.29) is 5.82 Å². The fourth-order valence-corrected chi connectivity index (χ4v) is 1.93. The van der Waals surface area contributed by atoms with E-state index in [1.807, 2.05) is 19.1 Å². The monoisotopic (exact) mass is 288 g/mol. The molecule has 0 saturated heterocycles. The van der Waals surface area contributed by atoms with Gasteiger partial charge < -0.3 is 10.1 Å². The molecule has 1 heterocycles. The standard InChI is InChI=1S/C17H21FN2O/c1-12(2)9-19-11-15-16(18)5-4-6-17(15)21-14-8-7-13(3)20-10-14/h4-8,10,12,19H,9,11H2,1-3H3. The van der Waals surface area contributed by atoms with Crippen LogP contribution in [0.5, 0.6) is 11.5 Å². The number of nitrogens with zero attached hydrogens (tertiary/aromatic N) is 1. The quantitative estimate of drug-likeness (QED) is 0.870. The van der Waals surface area contributed by atoms with Gasteiger partial charge in [0.15, 0.2) is 0 Å². The number of aromatic nitrogens is 1. The molecule has 0 amide bonds. The minimum atomic E-state index is -0.260. The van der Waals surface area contributed by atoms with Gasteiger partial charge in [0.1, 0.15) is 17.3 Å². The van der Waals surface area contributed by atoms with Crippen molar-refractivity contribution in [1.82, 2.24) is 10.3 Å². The van der Waals surface area contributed by atoms with Gasteiger partial charge in [0.2, 0.25) is 0 Å². The van der Waals surface area contributed by atoms with Crippen molar-refractivity contribution >= 4 is 0 Å². The number of hydrogen-bond acceptors (Lipinski definition) is 3. The van der Waals surface area contributed by atoms with Gasteiger partial charge in [0.05, 0.1) is 6.20 Å². The third-order valence-electron chi connectivity index (χ3n) is 3.04. The summed E-state index contributed by atoms with van der Waals surface area (Å²) in [5, 5.41) is 3.24. The summed E-state index contributed by atoms with van der Waals surface area (Å²) in [7, 11) is 0. The number of hydrogen-bond donors (Lipinski definition) is 1. The molecule has 3 nitrogen and oxygen atoms in total. The van der Waals surface area contributed by atoms with Crippen LogP contribution in [0.4, 0.5) is 4.39 Å². The first kappa shape index (κ1) is 15.4. The van der Waals surface area contributed by atoms with Crippen molar-refractivity contribution in [2.75, 3.05) is 6.54 Å². The highest BCUT2D eigenvalue weighted by Gasteiger charge is 2.10. The van der Waals surface area contributed by atoms with Crippen molar-refractivity contribution < 1.29 is 9.13 Å². The summed E-state index contributed by atoms with van der Waals surface area (Å²) in [6, 6.07) is 8.57. The third kappa shape index (κ3) is 4.53. The van der Waals surface area contributed by atoms with Gasteiger partial charge in [-0.25, -0.2) is 4.39 Å². The molecule has 0 aliphatic heterocycles. The molecule has 0 spiro atoms. The minimum Gasteiger partial charge on any atom is -0.455 e. The smallest absolute Gasteiger partial charge is 0.145 e. The third-order valence-corrected chi connectivity index (χ3v) is 3.04. The maximum Gasteiger partial charge on any atom is 0.145 e. The maximum atomic E-state index is 14.0. The molecule has 1 aromatic heterocycles. The summed E-state index contributed by atoms with van der Waals surface area (Å²) in [5.41, 5.74) is 1.46. The highest BCUT2D eigenvalue weighted by molar-refractivity contribution is 5.38. The van der Waals surface area contributed by atoms with Crippen LogP contribution in [-0.2, 0) is 6.54 Å². The molecule has 1 aromatic carbocycles. The first-order chi connectivity index (χ1) is 10.1. The SMILES string of the molecule is Cc1ccc(Oc2cccc(F)c2CNCC(C)C)cn1. The van der Waals surface area contributed by atoms with Crippen LogP contribution in [0.25, 0.3) is 0 Å². The van der Waals surface area contributed by atoms with Crippen molar-refractivity contribution in [2.24, 2.45) is 5.92 Å². The fourth-order valence-electron chi connectivity index (χ4n) is 1.93. The summed E-state index contributed by atoms with van der Waals surface area (Å²) in [4.78, 5) is 4.18. The molecule has 1 N–H and O–H groups in total. The normalized spacial score (nSPS) is 10.9. The summed E-state index contributed by atoms with van der Waals surface area (Å²) in [6.45, 7) is 7.42. The first-order valence-electron chi connectivity index (χ1n) is 7.15. The molecule has 21 heavy (non-hydrogen) atoms. The summed E-state index contributed by atoms with van der Waals surface area (Å²) in [6.07, 6.45) is 1.64. The van der Waals surface area contributed by atoms with E-state index in [4.69, 9.17) is 4.74 Å². The Kier molecular flexibility index (Phi) is 5.28. The van der Waals surface area contributed by atoms with E-state index in [1.54, 1.807) is 18.3 Å². The van der Waals surface area contributed by atoms with Crippen LogP contribution in [0.1, 0.15) is 25.1 Å².